The van der Waals surface area contributed by atoms with Gasteiger partial charge in [0.25, 0.3) is 0 Å². The number of pyridine rings is 1. The van der Waals surface area contributed by atoms with E-state index in [0.717, 1.165) is 46.4 Å². The molecule has 16 heavy (non-hydrogen) atoms. The summed E-state index contributed by atoms with van der Waals surface area (Å²) >= 11 is 7.50. The summed E-state index contributed by atoms with van der Waals surface area (Å²) in [5.74, 6) is 3.71. The highest BCUT2D eigenvalue weighted by Gasteiger charge is 2.08. The fourth-order valence-electron chi connectivity index (χ4n) is 1.54. The first-order valence-corrected chi connectivity index (χ1v) is 7.02. The Balaban J connectivity index is 2.66. The predicted octanol–water partition coefficient (Wildman–Crippen LogP) is 3.57. The van der Waals surface area contributed by atoms with E-state index in [1.165, 1.54) is 0 Å². The summed E-state index contributed by atoms with van der Waals surface area (Å²) in [5, 5.41) is 0. The van der Waals surface area contributed by atoms with Crippen molar-refractivity contribution in [2.24, 2.45) is 0 Å². The molecule has 0 bridgehead atoms. The maximum atomic E-state index is 5.63. The number of hydrogen-bond donors (Lipinski definition) is 0. The van der Waals surface area contributed by atoms with Gasteiger partial charge in [-0.15, -0.1) is 11.6 Å². The Kier molecular flexibility index (Phi) is 5.99. The summed E-state index contributed by atoms with van der Waals surface area (Å²) in [7, 11) is 1.71. The molecule has 0 atom stereocenters. The van der Waals surface area contributed by atoms with E-state index in [2.05, 4.69) is 11.9 Å². The molecule has 0 aliphatic heterocycles. The van der Waals surface area contributed by atoms with E-state index in [1.807, 2.05) is 24.9 Å². The zero-order valence-corrected chi connectivity index (χ0v) is 11.6. The van der Waals surface area contributed by atoms with Crippen molar-refractivity contribution in [1.29, 1.82) is 0 Å². The maximum absolute atomic E-state index is 5.63. The first kappa shape index (κ1) is 13.7. The molecule has 0 aliphatic rings. The number of ether oxygens (including phenoxy) is 1. The normalized spacial score (nSPS) is 10.5. The predicted molar refractivity (Wildman–Crippen MR) is 71.8 cm³/mol. The van der Waals surface area contributed by atoms with Gasteiger partial charge < -0.3 is 4.74 Å². The van der Waals surface area contributed by atoms with E-state index in [4.69, 9.17) is 16.3 Å². The molecule has 0 fully saturated rings. The van der Waals surface area contributed by atoms with Crippen LogP contribution in [0.2, 0.25) is 0 Å². The van der Waals surface area contributed by atoms with Crippen LogP contribution < -0.4 is 4.74 Å². The van der Waals surface area contributed by atoms with E-state index in [-0.39, 0.29) is 0 Å². The first-order valence-electron chi connectivity index (χ1n) is 5.33. The summed E-state index contributed by atoms with van der Waals surface area (Å²) < 4.78 is 5.37. The molecule has 0 saturated carbocycles. The van der Waals surface area contributed by atoms with Crippen molar-refractivity contribution in [2.45, 2.75) is 26.0 Å². The molecular formula is C12H18ClNOS. The molecule has 1 aromatic heterocycles. The summed E-state index contributed by atoms with van der Waals surface area (Å²) in [6.45, 7) is 4.08. The van der Waals surface area contributed by atoms with E-state index >= 15 is 0 Å². The summed E-state index contributed by atoms with van der Waals surface area (Å²) in [6.07, 6.45) is 2.93. The minimum atomic E-state index is 0.733. The van der Waals surface area contributed by atoms with E-state index in [9.17, 15) is 0 Å². The fourth-order valence-corrected chi connectivity index (χ4v) is 2.81. The second-order valence-electron chi connectivity index (χ2n) is 3.64. The quantitative estimate of drug-likeness (QED) is 0.576. The largest absolute Gasteiger partial charge is 0.496 e. The van der Waals surface area contributed by atoms with Crippen molar-refractivity contribution in [3.63, 3.8) is 0 Å². The maximum Gasteiger partial charge on any atom is 0.128 e. The molecule has 0 aromatic carbocycles. The highest BCUT2D eigenvalue weighted by atomic mass is 35.5. The van der Waals surface area contributed by atoms with Crippen LogP contribution in [0.4, 0.5) is 0 Å². The molecule has 1 rings (SSSR count). The molecule has 2 nitrogen and oxygen atoms in total. The van der Waals surface area contributed by atoms with Gasteiger partial charge in [-0.1, -0.05) is 0 Å². The van der Waals surface area contributed by atoms with Gasteiger partial charge in [-0.25, -0.2) is 0 Å². The molecule has 0 N–H and O–H groups in total. The van der Waals surface area contributed by atoms with Gasteiger partial charge in [-0.2, -0.15) is 11.8 Å². The van der Waals surface area contributed by atoms with Crippen molar-refractivity contribution in [3.05, 3.63) is 23.0 Å². The summed E-state index contributed by atoms with van der Waals surface area (Å²) in [4.78, 5) is 4.45. The van der Waals surface area contributed by atoms with Crippen molar-refractivity contribution in [3.8, 4) is 5.75 Å². The van der Waals surface area contributed by atoms with Crippen molar-refractivity contribution in [2.75, 3.05) is 18.7 Å². The Morgan fingerprint density at radius 1 is 1.44 bits per heavy atom. The first-order chi connectivity index (χ1) is 7.70. The number of nitrogens with zero attached hydrogens (tertiary/aromatic N) is 1. The summed E-state index contributed by atoms with van der Waals surface area (Å²) in [6, 6.07) is 0. The number of thioether (sulfide) groups is 1. The molecule has 1 aromatic rings. The lowest BCUT2D eigenvalue weighted by Gasteiger charge is -2.11. The minimum Gasteiger partial charge on any atom is -0.496 e. The average molecular weight is 260 g/mol. The second kappa shape index (κ2) is 7.02. The van der Waals surface area contributed by atoms with Crippen LogP contribution >= 0.6 is 23.4 Å². The highest BCUT2D eigenvalue weighted by Crippen LogP contribution is 2.26. The lowest BCUT2D eigenvalue weighted by molar-refractivity contribution is 0.407. The van der Waals surface area contributed by atoms with Gasteiger partial charge >= 0.3 is 0 Å². The van der Waals surface area contributed by atoms with Crippen LogP contribution in [0.5, 0.6) is 5.75 Å². The third-order valence-electron chi connectivity index (χ3n) is 2.41. The zero-order valence-electron chi connectivity index (χ0n) is 10.0. The van der Waals surface area contributed by atoms with Crippen LogP contribution in [0, 0.1) is 13.8 Å². The average Bonchev–Trinajstić information content (AvgIpc) is 2.28. The molecular weight excluding hydrogens is 242 g/mol. The van der Waals surface area contributed by atoms with Gasteiger partial charge in [0.2, 0.25) is 0 Å². The SMILES string of the molecule is COc1c(C)cnc(CSCCCCl)c1C. The second-order valence-corrected chi connectivity index (χ2v) is 5.12. The third-order valence-corrected chi connectivity index (χ3v) is 3.73. The number of halogens is 1. The Hall–Kier alpha value is -0.410. The van der Waals surface area contributed by atoms with Crippen LogP contribution in [-0.2, 0) is 5.75 Å². The lowest BCUT2D eigenvalue weighted by atomic mass is 10.1. The van der Waals surface area contributed by atoms with Crippen molar-refractivity contribution < 1.29 is 4.74 Å². The number of methoxy groups -OCH3 is 1. The number of rotatable bonds is 6. The Morgan fingerprint density at radius 2 is 2.19 bits per heavy atom. The smallest absolute Gasteiger partial charge is 0.128 e. The molecule has 90 valence electrons. The highest BCUT2D eigenvalue weighted by molar-refractivity contribution is 7.98. The van der Waals surface area contributed by atoms with Gasteiger partial charge in [-0.3, -0.25) is 4.98 Å². The van der Waals surface area contributed by atoms with E-state index < -0.39 is 0 Å². The Labute approximate surface area is 107 Å². The molecule has 0 spiro atoms. The molecule has 0 unspecified atom stereocenters. The molecule has 0 radical (unpaired) electrons. The van der Waals surface area contributed by atoms with Crippen molar-refractivity contribution in [1.82, 2.24) is 4.98 Å². The van der Waals surface area contributed by atoms with Gasteiger partial charge in [0.1, 0.15) is 5.75 Å². The molecule has 0 amide bonds. The number of hydrogen-bond acceptors (Lipinski definition) is 3. The van der Waals surface area contributed by atoms with Crippen LogP contribution in [0.25, 0.3) is 0 Å². The van der Waals surface area contributed by atoms with E-state index in [1.54, 1.807) is 7.11 Å². The fraction of sp³-hybridized carbons (Fsp3) is 0.583. The van der Waals surface area contributed by atoms with Crippen LogP contribution in [-0.4, -0.2) is 23.7 Å². The standard InChI is InChI=1S/C12H18ClNOS/c1-9-7-14-11(8-16-6-4-5-13)10(2)12(9)15-3/h7H,4-6,8H2,1-3H3. The Morgan fingerprint density at radius 3 is 2.81 bits per heavy atom. The third kappa shape index (κ3) is 3.56. The molecule has 1 heterocycles. The Bertz CT molecular complexity index is 344. The number of aryl methyl sites for hydroxylation is 1. The molecule has 4 heteroatoms. The van der Waals surface area contributed by atoms with Crippen molar-refractivity contribution >= 4 is 23.4 Å². The topological polar surface area (TPSA) is 22.1 Å². The lowest BCUT2D eigenvalue weighted by Crippen LogP contribution is -1.99. The van der Waals surface area contributed by atoms with Gasteiger partial charge in [-0.05, 0) is 26.0 Å². The molecule has 0 saturated heterocycles. The number of alkyl halides is 1. The summed E-state index contributed by atoms with van der Waals surface area (Å²) in [5.41, 5.74) is 3.36. The molecule has 0 aliphatic carbocycles. The van der Waals surface area contributed by atoms with Gasteiger partial charge in [0.05, 0.1) is 12.8 Å². The monoisotopic (exact) mass is 259 g/mol. The van der Waals surface area contributed by atoms with Crippen LogP contribution in [0.3, 0.4) is 0 Å². The van der Waals surface area contributed by atoms with Crippen LogP contribution in [0.15, 0.2) is 6.20 Å². The van der Waals surface area contributed by atoms with E-state index in [0.29, 0.717) is 0 Å². The van der Waals surface area contributed by atoms with Crippen LogP contribution in [0.1, 0.15) is 23.2 Å². The van der Waals surface area contributed by atoms with Gasteiger partial charge in [0.15, 0.2) is 0 Å². The number of aromatic nitrogens is 1. The zero-order chi connectivity index (χ0) is 12.0. The van der Waals surface area contributed by atoms with Gasteiger partial charge in [0, 0.05) is 29.0 Å². The minimum absolute atomic E-state index is 0.733.